The van der Waals surface area contributed by atoms with Gasteiger partial charge in [0.2, 0.25) is 10.0 Å². The smallest absolute Gasteiger partial charge is 0.243 e. The number of rotatable bonds is 4. The fourth-order valence-corrected chi connectivity index (χ4v) is 3.75. The molecule has 1 heterocycles. The van der Waals surface area contributed by atoms with Gasteiger partial charge in [-0.2, -0.15) is 4.31 Å². The molecule has 0 unspecified atom stereocenters. The van der Waals surface area contributed by atoms with Crippen LogP contribution in [0.25, 0.3) is 0 Å². The second-order valence-corrected chi connectivity index (χ2v) is 7.39. The first-order valence-electron chi connectivity index (χ1n) is 6.92. The molecule has 5 nitrogen and oxygen atoms in total. The fraction of sp³-hybridized carbons (Fsp3) is 0.571. The number of nitrogens with one attached hydrogen (secondary N) is 1. The van der Waals surface area contributed by atoms with Crippen molar-refractivity contribution in [1.29, 1.82) is 0 Å². The number of hydrogen-bond acceptors (Lipinski definition) is 4. The van der Waals surface area contributed by atoms with Crippen LogP contribution < -0.4 is 5.32 Å². The molecule has 1 fully saturated rings. The summed E-state index contributed by atoms with van der Waals surface area (Å²) in [6, 6.07) is 6.80. The predicted octanol–water partition coefficient (Wildman–Crippen LogP) is 1.65. The Labute approximate surface area is 120 Å². The molecule has 0 aromatic heterocycles. The summed E-state index contributed by atoms with van der Waals surface area (Å²) in [5.74, 6) is 0. The summed E-state index contributed by atoms with van der Waals surface area (Å²) in [6.45, 7) is 5.27. The number of benzene rings is 1. The number of aliphatic hydroxyl groups is 1. The van der Waals surface area contributed by atoms with Crippen molar-refractivity contribution in [2.75, 3.05) is 25.0 Å². The highest BCUT2D eigenvalue weighted by molar-refractivity contribution is 7.89. The van der Waals surface area contributed by atoms with Crippen LogP contribution in [0.4, 0.5) is 5.69 Å². The van der Waals surface area contributed by atoms with Gasteiger partial charge in [0.05, 0.1) is 10.5 Å². The van der Waals surface area contributed by atoms with Crippen molar-refractivity contribution in [2.24, 2.45) is 0 Å². The molecule has 0 saturated carbocycles. The molecule has 1 saturated heterocycles. The van der Waals surface area contributed by atoms with Crippen LogP contribution in [0.3, 0.4) is 0 Å². The van der Waals surface area contributed by atoms with Gasteiger partial charge < -0.3 is 10.4 Å². The third-order valence-corrected chi connectivity index (χ3v) is 5.59. The quantitative estimate of drug-likeness (QED) is 0.887. The van der Waals surface area contributed by atoms with Crippen LogP contribution in [-0.2, 0) is 10.0 Å². The molecule has 0 atom stereocenters. The van der Waals surface area contributed by atoms with Crippen molar-refractivity contribution < 1.29 is 13.5 Å². The van der Waals surface area contributed by atoms with E-state index in [1.54, 1.807) is 31.2 Å². The Morgan fingerprint density at radius 1 is 1.25 bits per heavy atom. The third kappa shape index (κ3) is 3.31. The molecule has 20 heavy (non-hydrogen) atoms. The summed E-state index contributed by atoms with van der Waals surface area (Å²) in [5, 5.41) is 13.0. The molecule has 0 spiro atoms. The van der Waals surface area contributed by atoms with E-state index in [0.29, 0.717) is 30.8 Å². The lowest BCUT2D eigenvalue weighted by molar-refractivity contribution is 0.0126. The zero-order valence-corrected chi connectivity index (χ0v) is 12.8. The molecule has 2 N–H and O–H groups in total. The molecule has 1 aromatic carbocycles. The standard InChI is InChI=1S/C14H22N2O3S/c1-3-15-12-4-6-13(7-5-12)20(18,19)16-10-8-14(2,17)9-11-16/h4-7,15,17H,3,8-11H2,1-2H3. The maximum absolute atomic E-state index is 12.5. The van der Waals surface area contributed by atoms with Crippen LogP contribution in [0.2, 0.25) is 0 Å². The van der Waals surface area contributed by atoms with E-state index in [2.05, 4.69) is 5.32 Å². The number of anilines is 1. The van der Waals surface area contributed by atoms with Crippen LogP contribution in [0.5, 0.6) is 0 Å². The van der Waals surface area contributed by atoms with Gasteiger partial charge in [0.25, 0.3) is 0 Å². The molecule has 1 aliphatic heterocycles. The zero-order chi connectivity index (χ0) is 14.8. The van der Waals surface area contributed by atoms with Crippen LogP contribution in [0.15, 0.2) is 29.2 Å². The van der Waals surface area contributed by atoms with Crippen LogP contribution >= 0.6 is 0 Å². The largest absolute Gasteiger partial charge is 0.390 e. The lowest BCUT2D eigenvalue weighted by Crippen LogP contribution is -2.45. The van der Waals surface area contributed by atoms with E-state index in [9.17, 15) is 13.5 Å². The maximum Gasteiger partial charge on any atom is 0.243 e. The summed E-state index contributed by atoms with van der Waals surface area (Å²) < 4.78 is 26.4. The Morgan fingerprint density at radius 3 is 2.30 bits per heavy atom. The second-order valence-electron chi connectivity index (χ2n) is 5.46. The topological polar surface area (TPSA) is 69.6 Å². The summed E-state index contributed by atoms with van der Waals surface area (Å²) in [7, 11) is -3.45. The predicted molar refractivity (Wildman–Crippen MR) is 79.2 cm³/mol. The minimum atomic E-state index is -3.45. The van der Waals surface area contributed by atoms with Crippen molar-refractivity contribution in [3.63, 3.8) is 0 Å². The van der Waals surface area contributed by atoms with Crippen molar-refractivity contribution in [2.45, 2.75) is 37.2 Å². The van der Waals surface area contributed by atoms with E-state index >= 15 is 0 Å². The highest BCUT2D eigenvalue weighted by Crippen LogP contribution is 2.26. The van der Waals surface area contributed by atoms with Crippen molar-refractivity contribution in [3.8, 4) is 0 Å². The molecule has 112 valence electrons. The Bertz CT molecular complexity index is 542. The van der Waals surface area contributed by atoms with Gasteiger partial charge in [0, 0.05) is 25.3 Å². The molecule has 0 amide bonds. The molecule has 1 aliphatic rings. The fourth-order valence-electron chi connectivity index (χ4n) is 2.31. The van der Waals surface area contributed by atoms with Gasteiger partial charge in [0.1, 0.15) is 0 Å². The highest BCUT2D eigenvalue weighted by atomic mass is 32.2. The number of nitrogens with zero attached hydrogens (tertiary/aromatic N) is 1. The molecular formula is C14H22N2O3S. The summed E-state index contributed by atoms with van der Waals surface area (Å²) in [4.78, 5) is 0.306. The van der Waals surface area contributed by atoms with E-state index in [1.165, 1.54) is 4.31 Å². The first kappa shape index (κ1) is 15.3. The molecule has 6 heteroatoms. The Hall–Kier alpha value is -1.11. The van der Waals surface area contributed by atoms with Gasteiger partial charge in [0.15, 0.2) is 0 Å². The van der Waals surface area contributed by atoms with Gasteiger partial charge in [-0.3, -0.25) is 0 Å². The van der Waals surface area contributed by atoms with E-state index in [1.807, 2.05) is 6.92 Å². The third-order valence-electron chi connectivity index (χ3n) is 3.67. The highest BCUT2D eigenvalue weighted by Gasteiger charge is 2.33. The number of sulfonamides is 1. The van der Waals surface area contributed by atoms with E-state index in [-0.39, 0.29) is 0 Å². The van der Waals surface area contributed by atoms with Gasteiger partial charge >= 0.3 is 0 Å². The average molecular weight is 298 g/mol. The molecule has 2 rings (SSSR count). The van der Waals surface area contributed by atoms with Gasteiger partial charge in [-0.25, -0.2) is 8.42 Å². The molecule has 0 radical (unpaired) electrons. The molecule has 0 bridgehead atoms. The normalized spacial score (nSPS) is 19.8. The maximum atomic E-state index is 12.5. The van der Waals surface area contributed by atoms with E-state index < -0.39 is 15.6 Å². The lowest BCUT2D eigenvalue weighted by Gasteiger charge is -2.34. The summed E-state index contributed by atoms with van der Waals surface area (Å²) in [5.41, 5.74) is 0.161. The van der Waals surface area contributed by atoms with Crippen molar-refractivity contribution in [3.05, 3.63) is 24.3 Å². The van der Waals surface area contributed by atoms with Gasteiger partial charge in [-0.1, -0.05) is 0 Å². The van der Waals surface area contributed by atoms with Crippen LogP contribution in [0, 0.1) is 0 Å². The Kier molecular flexibility index (Phi) is 4.36. The minimum Gasteiger partial charge on any atom is -0.390 e. The van der Waals surface area contributed by atoms with Crippen LogP contribution in [-0.4, -0.2) is 43.1 Å². The van der Waals surface area contributed by atoms with Crippen molar-refractivity contribution in [1.82, 2.24) is 4.31 Å². The molecular weight excluding hydrogens is 276 g/mol. The monoisotopic (exact) mass is 298 g/mol. The van der Waals surface area contributed by atoms with Gasteiger partial charge in [-0.15, -0.1) is 0 Å². The van der Waals surface area contributed by atoms with Gasteiger partial charge in [-0.05, 0) is 51.0 Å². The molecule has 0 aliphatic carbocycles. The SMILES string of the molecule is CCNc1ccc(S(=O)(=O)N2CCC(C)(O)CC2)cc1. The first-order valence-corrected chi connectivity index (χ1v) is 8.36. The number of hydrogen-bond donors (Lipinski definition) is 2. The van der Waals surface area contributed by atoms with Crippen LogP contribution in [0.1, 0.15) is 26.7 Å². The van der Waals surface area contributed by atoms with Crippen molar-refractivity contribution >= 4 is 15.7 Å². The molecule has 1 aromatic rings. The first-order chi connectivity index (χ1) is 9.35. The second kappa shape index (κ2) is 5.71. The van der Waals surface area contributed by atoms with E-state index in [4.69, 9.17) is 0 Å². The summed E-state index contributed by atoms with van der Waals surface area (Å²) in [6.07, 6.45) is 0.948. The lowest BCUT2D eigenvalue weighted by atomic mass is 9.95. The number of piperidine rings is 1. The summed E-state index contributed by atoms with van der Waals surface area (Å²) >= 11 is 0. The minimum absolute atomic E-state index is 0.306. The Morgan fingerprint density at radius 2 is 1.80 bits per heavy atom. The average Bonchev–Trinajstić information content (AvgIpc) is 2.39. The Balaban J connectivity index is 2.14. The zero-order valence-electron chi connectivity index (χ0n) is 12.0. The van der Waals surface area contributed by atoms with E-state index in [0.717, 1.165) is 12.2 Å².